The molecule has 0 fully saturated rings. The molecule has 0 aliphatic heterocycles. The standard InChI is InChI=1S/C17H16N4/c1-12-18-11-16-15(4-2-3-5-17(16)20-12)13-7-9-21-14(10-13)6-8-19-21/h4,6-11H,2-3,5H2,1H3. The highest BCUT2D eigenvalue weighted by atomic mass is 15.2. The topological polar surface area (TPSA) is 43.1 Å². The Kier molecular flexibility index (Phi) is 2.81. The van der Waals surface area contributed by atoms with Crippen LogP contribution in [0.15, 0.2) is 42.9 Å². The minimum absolute atomic E-state index is 0.848. The highest BCUT2D eigenvalue weighted by Gasteiger charge is 2.15. The number of nitrogens with zero attached hydrogens (tertiary/aromatic N) is 4. The second-order valence-electron chi connectivity index (χ2n) is 5.40. The molecule has 0 unspecified atom stereocenters. The zero-order valence-corrected chi connectivity index (χ0v) is 12.0. The van der Waals surface area contributed by atoms with Gasteiger partial charge >= 0.3 is 0 Å². The lowest BCUT2D eigenvalue weighted by molar-refractivity contribution is 0.812. The summed E-state index contributed by atoms with van der Waals surface area (Å²) in [5.74, 6) is 0.848. The summed E-state index contributed by atoms with van der Waals surface area (Å²) in [5, 5.41) is 4.25. The molecule has 4 rings (SSSR count). The largest absolute Gasteiger partial charge is 0.241 e. The molecule has 104 valence electrons. The third kappa shape index (κ3) is 2.13. The fourth-order valence-corrected chi connectivity index (χ4v) is 2.92. The molecule has 0 N–H and O–H groups in total. The summed E-state index contributed by atoms with van der Waals surface area (Å²) in [6, 6.07) is 6.31. The molecule has 0 radical (unpaired) electrons. The second kappa shape index (κ2) is 4.81. The van der Waals surface area contributed by atoms with Gasteiger partial charge in [0.1, 0.15) is 5.82 Å². The third-order valence-electron chi connectivity index (χ3n) is 3.96. The van der Waals surface area contributed by atoms with Crippen molar-refractivity contribution in [2.24, 2.45) is 0 Å². The Morgan fingerprint density at radius 1 is 1.24 bits per heavy atom. The van der Waals surface area contributed by atoms with E-state index in [0.717, 1.165) is 30.6 Å². The summed E-state index contributed by atoms with van der Waals surface area (Å²) >= 11 is 0. The van der Waals surface area contributed by atoms with Gasteiger partial charge in [0.05, 0.1) is 11.2 Å². The van der Waals surface area contributed by atoms with Crippen molar-refractivity contribution in [2.45, 2.75) is 26.2 Å². The van der Waals surface area contributed by atoms with Crippen LogP contribution in [0, 0.1) is 6.92 Å². The molecular formula is C17H16N4. The Labute approximate surface area is 123 Å². The Hall–Kier alpha value is -2.49. The zero-order valence-electron chi connectivity index (χ0n) is 12.0. The molecule has 3 aromatic rings. The maximum atomic E-state index is 4.63. The molecule has 4 nitrogen and oxygen atoms in total. The van der Waals surface area contributed by atoms with Crippen molar-refractivity contribution in [3.05, 3.63) is 65.5 Å². The van der Waals surface area contributed by atoms with Gasteiger partial charge in [0.2, 0.25) is 0 Å². The van der Waals surface area contributed by atoms with E-state index >= 15 is 0 Å². The summed E-state index contributed by atoms with van der Waals surface area (Å²) < 4.78 is 1.88. The van der Waals surface area contributed by atoms with Crippen LogP contribution < -0.4 is 0 Å². The maximum Gasteiger partial charge on any atom is 0.125 e. The third-order valence-corrected chi connectivity index (χ3v) is 3.96. The maximum absolute atomic E-state index is 4.63. The van der Waals surface area contributed by atoms with Crippen LogP contribution >= 0.6 is 0 Å². The van der Waals surface area contributed by atoms with E-state index in [2.05, 4.69) is 33.3 Å². The number of aromatic nitrogens is 4. The van der Waals surface area contributed by atoms with E-state index < -0.39 is 0 Å². The summed E-state index contributed by atoms with van der Waals surface area (Å²) in [6.07, 6.45) is 11.3. The van der Waals surface area contributed by atoms with Gasteiger partial charge in [-0.05, 0) is 55.5 Å². The smallest absolute Gasteiger partial charge is 0.125 e. The molecule has 0 atom stereocenters. The fourth-order valence-electron chi connectivity index (χ4n) is 2.92. The van der Waals surface area contributed by atoms with Crippen molar-refractivity contribution in [1.29, 1.82) is 0 Å². The van der Waals surface area contributed by atoms with E-state index in [1.807, 2.05) is 36.1 Å². The molecule has 0 bridgehead atoms. The lowest BCUT2D eigenvalue weighted by Gasteiger charge is -2.11. The van der Waals surface area contributed by atoms with E-state index in [4.69, 9.17) is 0 Å². The molecule has 0 aromatic carbocycles. The van der Waals surface area contributed by atoms with Crippen molar-refractivity contribution in [3.63, 3.8) is 0 Å². The number of rotatable bonds is 1. The van der Waals surface area contributed by atoms with Gasteiger partial charge in [-0.2, -0.15) is 5.10 Å². The Morgan fingerprint density at radius 3 is 3.14 bits per heavy atom. The van der Waals surface area contributed by atoms with Gasteiger partial charge in [0.15, 0.2) is 0 Å². The summed E-state index contributed by atoms with van der Waals surface area (Å²) in [4.78, 5) is 9.02. The first-order valence-corrected chi connectivity index (χ1v) is 7.28. The van der Waals surface area contributed by atoms with Gasteiger partial charge in [-0.15, -0.1) is 0 Å². The molecule has 1 aliphatic rings. The number of allylic oxidation sites excluding steroid dienone is 1. The van der Waals surface area contributed by atoms with Gasteiger partial charge in [-0.3, -0.25) is 0 Å². The summed E-state index contributed by atoms with van der Waals surface area (Å²) in [7, 11) is 0. The van der Waals surface area contributed by atoms with E-state index in [1.165, 1.54) is 22.4 Å². The molecule has 0 amide bonds. The Balaban J connectivity index is 1.89. The van der Waals surface area contributed by atoms with E-state index in [-0.39, 0.29) is 0 Å². The molecule has 0 saturated heterocycles. The van der Waals surface area contributed by atoms with Crippen LogP contribution in [0.2, 0.25) is 0 Å². The van der Waals surface area contributed by atoms with Crippen molar-refractivity contribution in [1.82, 2.24) is 19.6 Å². The fraction of sp³-hybridized carbons (Fsp3) is 0.235. The average Bonchev–Trinajstić information content (AvgIpc) is 2.86. The lowest BCUT2D eigenvalue weighted by Crippen LogP contribution is -2.01. The Morgan fingerprint density at radius 2 is 2.19 bits per heavy atom. The number of hydrogen-bond donors (Lipinski definition) is 0. The molecular weight excluding hydrogens is 260 g/mol. The summed E-state index contributed by atoms with van der Waals surface area (Å²) in [5.41, 5.74) is 5.89. The van der Waals surface area contributed by atoms with Crippen molar-refractivity contribution in [2.75, 3.05) is 0 Å². The van der Waals surface area contributed by atoms with Crippen molar-refractivity contribution >= 4 is 11.1 Å². The second-order valence-corrected chi connectivity index (χ2v) is 5.40. The van der Waals surface area contributed by atoms with E-state index in [9.17, 15) is 0 Å². The SMILES string of the molecule is Cc1ncc2c(n1)CCCC=C2c1ccn2nccc2c1. The number of fused-ring (bicyclic) bond motifs is 2. The first-order chi connectivity index (χ1) is 10.3. The van der Waals surface area contributed by atoms with Crippen LogP contribution in [0.1, 0.15) is 35.5 Å². The lowest BCUT2D eigenvalue weighted by atomic mass is 9.98. The van der Waals surface area contributed by atoms with Crippen molar-refractivity contribution in [3.8, 4) is 0 Å². The zero-order chi connectivity index (χ0) is 14.2. The Bertz CT molecular complexity index is 845. The first kappa shape index (κ1) is 12.3. The van der Waals surface area contributed by atoms with Gasteiger partial charge in [-0.25, -0.2) is 14.5 Å². The van der Waals surface area contributed by atoms with Crippen LogP contribution in [-0.4, -0.2) is 19.6 Å². The molecule has 1 aliphatic carbocycles. The van der Waals surface area contributed by atoms with E-state index in [1.54, 1.807) is 0 Å². The van der Waals surface area contributed by atoms with Gasteiger partial charge < -0.3 is 0 Å². The quantitative estimate of drug-likeness (QED) is 0.685. The van der Waals surface area contributed by atoms with Gasteiger partial charge in [-0.1, -0.05) is 6.08 Å². The van der Waals surface area contributed by atoms with Crippen LogP contribution in [0.3, 0.4) is 0 Å². The minimum atomic E-state index is 0.848. The van der Waals surface area contributed by atoms with Crippen molar-refractivity contribution < 1.29 is 0 Å². The highest BCUT2D eigenvalue weighted by molar-refractivity contribution is 5.82. The number of hydrogen-bond acceptors (Lipinski definition) is 3. The predicted octanol–water partition coefficient (Wildman–Crippen LogP) is 3.20. The predicted molar refractivity (Wildman–Crippen MR) is 82.0 cm³/mol. The molecule has 21 heavy (non-hydrogen) atoms. The van der Waals surface area contributed by atoms with Crippen LogP contribution in [-0.2, 0) is 6.42 Å². The number of aryl methyl sites for hydroxylation is 2. The molecule has 0 saturated carbocycles. The molecule has 4 heteroatoms. The highest BCUT2D eigenvalue weighted by Crippen LogP contribution is 2.30. The number of pyridine rings is 1. The first-order valence-electron chi connectivity index (χ1n) is 7.28. The molecule has 3 heterocycles. The molecule has 0 spiro atoms. The van der Waals surface area contributed by atoms with Gasteiger partial charge in [0.25, 0.3) is 0 Å². The van der Waals surface area contributed by atoms with Gasteiger partial charge in [0, 0.05) is 24.2 Å². The minimum Gasteiger partial charge on any atom is -0.241 e. The monoisotopic (exact) mass is 276 g/mol. The summed E-state index contributed by atoms with van der Waals surface area (Å²) in [6.45, 7) is 1.95. The van der Waals surface area contributed by atoms with Crippen LogP contribution in [0.5, 0.6) is 0 Å². The average molecular weight is 276 g/mol. The van der Waals surface area contributed by atoms with Crippen LogP contribution in [0.4, 0.5) is 0 Å². The van der Waals surface area contributed by atoms with E-state index in [0.29, 0.717) is 0 Å². The normalized spacial score (nSPS) is 14.6. The molecule has 3 aromatic heterocycles. The van der Waals surface area contributed by atoms with Crippen LogP contribution in [0.25, 0.3) is 11.1 Å².